The predicted molar refractivity (Wildman–Crippen MR) is 140 cm³/mol. The number of hydrogen-bond donors (Lipinski definition) is 0. The number of rotatable bonds is 5. The highest BCUT2D eigenvalue weighted by atomic mass is 16.3. The van der Waals surface area contributed by atoms with Crippen LogP contribution in [0.2, 0.25) is 0 Å². The van der Waals surface area contributed by atoms with Crippen molar-refractivity contribution in [3.05, 3.63) is 122 Å². The van der Waals surface area contributed by atoms with E-state index in [1.807, 2.05) is 60.7 Å². The average molecular weight is 440 g/mol. The molecular weight excluding hydrogens is 418 g/mol. The van der Waals surface area contributed by atoms with Crippen LogP contribution in [0.5, 0.6) is 0 Å². The van der Waals surface area contributed by atoms with Crippen LogP contribution >= 0.6 is 0 Å². The maximum absolute atomic E-state index is 5.90. The Morgan fingerprint density at radius 1 is 0.794 bits per heavy atom. The number of hydrogen-bond acceptors (Lipinski definition) is 3. The molecule has 3 aromatic heterocycles. The third-order valence-electron chi connectivity index (χ3n) is 5.88. The molecule has 34 heavy (non-hydrogen) atoms. The second-order valence-corrected chi connectivity index (χ2v) is 7.97. The maximum atomic E-state index is 5.90. The summed E-state index contributed by atoms with van der Waals surface area (Å²) in [5.41, 5.74) is 5.65. The molecule has 3 aromatic carbocycles. The molecule has 0 amide bonds. The summed E-state index contributed by atoms with van der Waals surface area (Å²) < 4.78 is 8.02. The molecule has 3 heterocycles. The van der Waals surface area contributed by atoms with Gasteiger partial charge in [-0.1, -0.05) is 79.4 Å². The van der Waals surface area contributed by atoms with Crippen LogP contribution in [0.4, 0.5) is 0 Å². The van der Waals surface area contributed by atoms with Crippen LogP contribution in [0.3, 0.4) is 0 Å². The smallest absolute Gasteiger partial charge is 0.235 e. The van der Waals surface area contributed by atoms with Gasteiger partial charge in [0.2, 0.25) is 5.95 Å². The fourth-order valence-corrected chi connectivity index (χ4v) is 4.39. The molecule has 0 unspecified atom stereocenters. The van der Waals surface area contributed by atoms with Crippen LogP contribution in [0.25, 0.3) is 56.1 Å². The van der Waals surface area contributed by atoms with Gasteiger partial charge in [-0.15, -0.1) is 0 Å². The Bertz CT molecular complexity index is 1720. The first-order valence-electron chi connectivity index (χ1n) is 11.1. The van der Waals surface area contributed by atoms with Crippen molar-refractivity contribution in [3.63, 3.8) is 0 Å². The third-order valence-corrected chi connectivity index (χ3v) is 5.88. The van der Waals surface area contributed by atoms with Gasteiger partial charge in [-0.2, -0.15) is 0 Å². The Morgan fingerprint density at radius 3 is 2.53 bits per heavy atom. The SMILES string of the molecule is C=C/C=C\C=C\c1cc(-c2ccccc2)nc(-n2c3ccccc3c3c4occc4ccc32)n1. The molecule has 0 bridgehead atoms. The van der Waals surface area contributed by atoms with E-state index in [0.29, 0.717) is 5.95 Å². The van der Waals surface area contributed by atoms with E-state index >= 15 is 0 Å². The Hall–Kier alpha value is -4.70. The lowest BCUT2D eigenvalue weighted by Gasteiger charge is -2.10. The highest BCUT2D eigenvalue weighted by Crippen LogP contribution is 2.36. The van der Waals surface area contributed by atoms with Gasteiger partial charge < -0.3 is 4.42 Å². The van der Waals surface area contributed by atoms with Crippen molar-refractivity contribution < 1.29 is 4.42 Å². The van der Waals surface area contributed by atoms with Gasteiger partial charge in [0.25, 0.3) is 0 Å². The minimum Gasteiger partial charge on any atom is -0.464 e. The van der Waals surface area contributed by atoms with E-state index < -0.39 is 0 Å². The largest absolute Gasteiger partial charge is 0.464 e. The minimum atomic E-state index is 0.616. The van der Waals surface area contributed by atoms with Crippen molar-refractivity contribution in [1.29, 1.82) is 0 Å². The lowest BCUT2D eigenvalue weighted by molar-refractivity contribution is 0.619. The van der Waals surface area contributed by atoms with Crippen LogP contribution in [0.15, 0.2) is 120 Å². The molecule has 0 saturated heterocycles. The van der Waals surface area contributed by atoms with E-state index in [-0.39, 0.29) is 0 Å². The third kappa shape index (κ3) is 3.33. The van der Waals surface area contributed by atoms with Gasteiger partial charge in [-0.3, -0.25) is 4.57 Å². The molecule has 0 aliphatic rings. The topological polar surface area (TPSA) is 43.9 Å². The van der Waals surface area contributed by atoms with E-state index in [2.05, 4.69) is 53.6 Å². The van der Waals surface area contributed by atoms with Crippen molar-refractivity contribution in [1.82, 2.24) is 14.5 Å². The molecular formula is C30H21N3O. The number of furan rings is 1. The molecule has 0 N–H and O–H groups in total. The molecule has 0 saturated carbocycles. The fraction of sp³-hybridized carbons (Fsp3) is 0. The van der Waals surface area contributed by atoms with Crippen molar-refractivity contribution in [2.45, 2.75) is 0 Å². The normalized spacial score (nSPS) is 12.0. The highest BCUT2D eigenvalue weighted by molar-refractivity contribution is 6.19. The Morgan fingerprint density at radius 2 is 1.65 bits per heavy atom. The molecule has 4 nitrogen and oxygen atoms in total. The molecule has 0 fully saturated rings. The summed E-state index contributed by atoms with van der Waals surface area (Å²) >= 11 is 0. The number of aromatic nitrogens is 3. The summed E-state index contributed by atoms with van der Waals surface area (Å²) in [4.78, 5) is 9.95. The standard InChI is InChI=1S/C30H21N3O/c1-2-3-4-8-13-23-20-25(21-11-6-5-7-12-21)32-30(31-23)33-26-15-10-9-14-24(26)28-27(33)17-16-22-18-19-34-29(22)28/h2-20H,1H2/b4-3-,13-8+. The maximum Gasteiger partial charge on any atom is 0.235 e. The molecule has 0 spiro atoms. The van der Waals surface area contributed by atoms with Gasteiger partial charge in [0.15, 0.2) is 0 Å². The van der Waals surface area contributed by atoms with Crippen LogP contribution in [0, 0.1) is 0 Å². The number of para-hydroxylation sites is 1. The second-order valence-electron chi connectivity index (χ2n) is 7.97. The number of nitrogens with zero attached hydrogens (tertiary/aromatic N) is 3. The molecule has 6 aromatic rings. The number of allylic oxidation sites excluding steroid dienone is 4. The van der Waals surface area contributed by atoms with Gasteiger partial charge in [-0.25, -0.2) is 9.97 Å². The first-order chi connectivity index (χ1) is 16.8. The van der Waals surface area contributed by atoms with Gasteiger partial charge in [0.1, 0.15) is 5.58 Å². The zero-order valence-corrected chi connectivity index (χ0v) is 18.4. The number of benzene rings is 3. The lowest BCUT2D eigenvalue weighted by Crippen LogP contribution is -2.03. The highest BCUT2D eigenvalue weighted by Gasteiger charge is 2.18. The van der Waals surface area contributed by atoms with Gasteiger partial charge in [-0.05, 0) is 36.4 Å². The van der Waals surface area contributed by atoms with Crippen LogP contribution in [0.1, 0.15) is 5.69 Å². The van der Waals surface area contributed by atoms with E-state index in [1.165, 1.54) is 0 Å². The summed E-state index contributed by atoms with van der Waals surface area (Å²) in [7, 11) is 0. The van der Waals surface area contributed by atoms with Crippen molar-refractivity contribution in [3.8, 4) is 17.2 Å². The van der Waals surface area contributed by atoms with Crippen LogP contribution < -0.4 is 0 Å². The van der Waals surface area contributed by atoms with E-state index in [4.69, 9.17) is 14.4 Å². The van der Waals surface area contributed by atoms with Gasteiger partial charge >= 0.3 is 0 Å². The van der Waals surface area contributed by atoms with Crippen LogP contribution in [-0.4, -0.2) is 14.5 Å². The second kappa shape index (κ2) is 8.34. The Labute approximate surface area is 196 Å². The zero-order valence-electron chi connectivity index (χ0n) is 18.4. The minimum absolute atomic E-state index is 0.616. The first-order valence-corrected chi connectivity index (χ1v) is 11.1. The summed E-state index contributed by atoms with van der Waals surface area (Å²) in [5.74, 6) is 0.616. The predicted octanol–water partition coefficient (Wildman–Crippen LogP) is 7.74. The molecule has 0 radical (unpaired) electrons. The molecule has 0 aliphatic heterocycles. The van der Waals surface area contributed by atoms with E-state index in [1.54, 1.807) is 12.3 Å². The van der Waals surface area contributed by atoms with Crippen molar-refractivity contribution >= 4 is 38.9 Å². The summed E-state index contributed by atoms with van der Waals surface area (Å²) in [6.07, 6.45) is 11.3. The summed E-state index contributed by atoms with van der Waals surface area (Å²) in [5, 5.41) is 3.25. The molecule has 0 aliphatic carbocycles. The lowest BCUT2D eigenvalue weighted by atomic mass is 10.1. The van der Waals surface area contributed by atoms with Gasteiger partial charge in [0.05, 0.1) is 34.1 Å². The first kappa shape index (κ1) is 19.9. The monoisotopic (exact) mass is 439 g/mol. The van der Waals surface area contributed by atoms with E-state index in [0.717, 1.165) is 49.7 Å². The Balaban J connectivity index is 1.66. The zero-order chi connectivity index (χ0) is 22.9. The van der Waals surface area contributed by atoms with E-state index in [9.17, 15) is 0 Å². The average Bonchev–Trinajstić information content (AvgIpc) is 3.49. The molecule has 4 heteroatoms. The fourth-order valence-electron chi connectivity index (χ4n) is 4.39. The summed E-state index contributed by atoms with van der Waals surface area (Å²) in [6, 6.07) is 26.7. The molecule has 0 atom stereocenters. The summed E-state index contributed by atoms with van der Waals surface area (Å²) in [6.45, 7) is 3.73. The van der Waals surface area contributed by atoms with Crippen LogP contribution in [-0.2, 0) is 0 Å². The molecule has 162 valence electrons. The molecule has 6 rings (SSSR count). The van der Waals surface area contributed by atoms with Gasteiger partial charge in [0, 0.05) is 16.3 Å². The Kier molecular flexibility index (Phi) is 4.89. The quantitative estimate of drug-likeness (QED) is 0.258. The van der Waals surface area contributed by atoms with Crippen molar-refractivity contribution in [2.75, 3.05) is 0 Å². The number of fused-ring (bicyclic) bond motifs is 5. The van der Waals surface area contributed by atoms with Crippen molar-refractivity contribution in [2.24, 2.45) is 0 Å².